The Hall–Kier alpha value is -0.570. The maximum absolute atomic E-state index is 12.7. The third-order valence-electron chi connectivity index (χ3n) is 4.11. The van der Waals surface area contributed by atoms with Crippen LogP contribution in [-0.4, -0.2) is 49.9 Å². The Morgan fingerprint density at radius 1 is 1.41 bits per heavy atom. The summed E-state index contributed by atoms with van der Waals surface area (Å²) in [7, 11) is -3.60. The number of carbonyl (C=O) groups is 1. The fourth-order valence-electron chi connectivity index (χ4n) is 2.46. The topological polar surface area (TPSA) is 63.7 Å². The van der Waals surface area contributed by atoms with Gasteiger partial charge in [-0.25, -0.2) is 13.2 Å². The lowest BCUT2D eigenvalue weighted by molar-refractivity contribution is 0.0483. The highest BCUT2D eigenvalue weighted by Gasteiger charge is 2.35. The van der Waals surface area contributed by atoms with Gasteiger partial charge < -0.3 is 4.74 Å². The first-order valence-corrected chi connectivity index (χ1v) is 10.8. The minimum Gasteiger partial charge on any atom is -0.461 e. The van der Waals surface area contributed by atoms with Crippen molar-refractivity contribution in [1.29, 1.82) is 0 Å². The fraction of sp³-hybridized carbons (Fsp3) is 0.643. The molecule has 1 aliphatic carbocycles. The number of hydrogen-bond donors (Lipinski definition) is 0. The SMILES string of the molecule is C[C@H]1C[C@H]1COC(=O)c1sccc1S(=O)(=O)N1CCSCC1. The summed E-state index contributed by atoms with van der Waals surface area (Å²) in [4.78, 5) is 12.5. The van der Waals surface area contributed by atoms with Crippen LogP contribution in [-0.2, 0) is 14.8 Å². The Labute approximate surface area is 139 Å². The van der Waals surface area contributed by atoms with Crippen molar-refractivity contribution in [3.05, 3.63) is 16.3 Å². The van der Waals surface area contributed by atoms with Gasteiger partial charge in [0.05, 0.1) is 6.61 Å². The molecule has 2 atom stereocenters. The molecule has 0 radical (unpaired) electrons. The summed E-state index contributed by atoms with van der Waals surface area (Å²) in [5.41, 5.74) is 0. The predicted molar refractivity (Wildman–Crippen MR) is 88.0 cm³/mol. The van der Waals surface area contributed by atoms with Gasteiger partial charge in [-0.05, 0) is 29.7 Å². The van der Waals surface area contributed by atoms with Crippen molar-refractivity contribution in [2.45, 2.75) is 18.2 Å². The first-order valence-electron chi connectivity index (χ1n) is 7.32. The molecule has 0 amide bonds. The second-order valence-corrected chi connectivity index (χ2v) is 9.75. The van der Waals surface area contributed by atoms with E-state index in [9.17, 15) is 13.2 Å². The van der Waals surface area contributed by atoms with Crippen LogP contribution in [0.25, 0.3) is 0 Å². The molecule has 0 N–H and O–H groups in total. The lowest BCUT2D eigenvalue weighted by Gasteiger charge is -2.25. The van der Waals surface area contributed by atoms with Crippen molar-refractivity contribution in [2.24, 2.45) is 11.8 Å². The van der Waals surface area contributed by atoms with Crippen LogP contribution in [0.4, 0.5) is 0 Å². The smallest absolute Gasteiger partial charge is 0.349 e. The molecule has 1 aliphatic heterocycles. The molecule has 1 aromatic heterocycles. The van der Waals surface area contributed by atoms with Gasteiger partial charge in [0.15, 0.2) is 0 Å². The second kappa shape index (κ2) is 6.51. The van der Waals surface area contributed by atoms with Crippen molar-refractivity contribution in [1.82, 2.24) is 4.31 Å². The maximum atomic E-state index is 12.7. The van der Waals surface area contributed by atoms with Crippen LogP contribution in [0.2, 0.25) is 0 Å². The lowest BCUT2D eigenvalue weighted by atomic mass is 10.4. The summed E-state index contributed by atoms with van der Waals surface area (Å²) < 4.78 is 32.1. The van der Waals surface area contributed by atoms with E-state index >= 15 is 0 Å². The minimum absolute atomic E-state index is 0.0956. The summed E-state index contributed by atoms with van der Waals surface area (Å²) >= 11 is 2.88. The number of thioether (sulfide) groups is 1. The molecule has 0 bridgehead atoms. The van der Waals surface area contributed by atoms with Crippen LogP contribution in [0.3, 0.4) is 0 Å². The maximum Gasteiger partial charge on any atom is 0.349 e. The number of thiophene rings is 1. The predicted octanol–water partition coefficient (Wildman–Crippen LogP) is 2.30. The number of carbonyl (C=O) groups excluding carboxylic acids is 1. The summed E-state index contributed by atoms with van der Waals surface area (Å²) in [5, 5.41) is 1.64. The summed E-state index contributed by atoms with van der Waals surface area (Å²) in [5.74, 6) is 2.11. The van der Waals surface area contributed by atoms with Crippen LogP contribution >= 0.6 is 23.1 Å². The Bertz CT molecular complexity index is 649. The molecule has 1 aromatic rings. The van der Waals surface area contributed by atoms with Crippen molar-refractivity contribution < 1.29 is 17.9 Å². The van der Waals surface area contributed by atoms with Gasteiger partial charge in [0, 0.05) is 24.6 Å². The van der Waals surface area contributed by atoms with Gasteiger partial charge in [0.25, 0.3) is 0 Å². The number of esters is 1. The van der Waals surface area contributed by atoms with Gasteiger partial charge >= 0.3 is 5.97 Å². The summed E-state index contributed by atoms with van der Waals surface area (Å²) in [6.07, 6.45) is 1.08. The van der Waals surface area contributed by atoms with Crippen LogP contribution in [0.1, 0.15) is 23.0 Å². The molecule has 0 aromatic carbocycles. The summed E-state index contributed by atoms with van der Waals surface area (Å²) in [6.45, 7) is 3.50. The van der Waals surface area contributed by atoms with E-state index in [0.717, 1.165) is 29.3 Å². The van der Waals surface area contributed by atoms with E-state index in [0.29, 0.717) is 31.5 Å². The van der Waals surface area contributed by atoms with E-state index in [-0.39, 0.29) is 9.77 Å². The third-order valence-corrected chi connectivity index (χ3v) is 8.01. The largest absolute Gasteiger partial charge is 0.461 e. The van der Waals surface area contributed by atoms with Crippen molar-refractivity contribution in [2.75, 3.05) is 31.2 Å². The van der Waals surface area contributed by atoms with Crippen LogP contribution in [0.5, 0.6) is 0 Å². The van der Waals surface area contributed by atoms with Crippen molar-refractivity contribution in [3.8, 4) is 0 Å². The number of ether oxygens (including phenoxy) is 1. The van der Waals surface area contributed by atoms with Gasteiger partial charge in [0.2, 0.25) is 10.0 Å². The number of rotatable bonds is 5. The molecule has 2 fully saturated rings. The van der Waals surface area contributed by atoms with E-state index < -0.39 is 16.0 Å². The molecule has 0 spiro atoms. The number of hydrogen-bond acceptors (Lipinski definition) is 6. The Balaban J connectivity index is 1.74. The monoisotopic (exact) mass is 361 g/mol. The van der Waals surface area contributed by atoms with E-state index in [1.165, 1.54) is 10.4 Å². The molecule has 2 heterocycles. The Morgan fingerprint density at radius 3 is 2.73 bits per heavy atom. The van der Waals surface area contributed by atoms with Gasteiger partial charge in [-0.2, -0.15) is 16.1 Å². The molecule has 1 saturated heterocycles. The highest BCUT2D eigenvalue weighted by atomic mass is 32.2. The van der Waals surface area contributed by atoms with Crippen LogP contribution in [0, 0.1) is 11.8 Å². The standard InChI is InChI=1S/C14H19NO4S3/c1-10-8-11(10)9-19-14(16)13-12(2-5-21-13)22(17,18)15-3-6-20-7-4-15/h2,5,10-11H,3-4,6-9H2,1H3/t10-,11-/m0/s1. The molecule has 0 unspecified atom stereocenters. The highest BCUT2D eigenvalue weighted by molar-refractivity contribution is 7.99. The highest BCUT2D eigenvalue weighted by Crippen LogP contribution is 2.38. The van der Waals surface area contributed by atoms with E-state index in [2.05, 4.69) is 6.92 Å². The quantitative estimate of drug-likeness (QED) is 0.753. The van der Waals surface area contributed by atoms with Gasteiger partial charge in [-0.15, -0.1) is 11.3 Å². The minimum atomic E-state index is -3.60. The lowest BCUT2D eigenvalue weighted by Crippen LogP contribution is -2.38. The molecule has 3 rings (SSSR count). The van der Waals surface area contributed by atoms with Crippen LogP contribution < -0.4 is 0 Å². The normalized spacial score (nSPS) is 25.9. The Morgan fingerprint density at radius 2 is 2.09 bits per heavy atom. The first-order chi connectivity index (χ1) is 10.5. The Kier molecular flexibility index (Phi) is 4.82. The van der Waals surface area contributed by atoms with E-state index in [4.69, 9.17) is 4.74 Å². The number of sulfonamides is 1. The van der Waals surface area contributed by atoms with Crippen LogP contribution in [0.15, 0.2) is 16.3 Å². The molecular formula is C14H19NO4S3. The zero-order valence-electron chi connectivity index (χ0n) is 12.4. The molecule has 5 nitrogen and oxygen atoms in total. The van der Waals surface area contributed by atoms with Gasteiger partial charge in [-0.3, -0.25) is 0 Å². The fourth-order valence-corrected chi connectivity index (χ4v) is 6.31. The van der Waals surface area contributed by atoms with E-state index in [1.807, 2.05) is 0 Å². The van der Waals surface area contributed by atoms with Gasteiger partial charge in [-0.1, -0.05) is 6.92 Å². The van der Waals surface area contributed by atoms with Crippen molar-refractivity contribution >= 4 is 39.1 Å². The second-order valence-electron chi connectivity index (χ2n) is 5.70. The first kappa shape index (κ1) is 16.3. The average molecular weight is 362 g/mol. The zero-order valence-corrected chi connectivity index (χ0v) is 14.8. The summed E-state index contributed by atoms with van der Waals surface area (Å²) in [6, 6.07) is 1.51. The molecule has 2 aliphatic rings. The molecule has 8 heteroatoms. The third kappa shape index (κ3) is 3.34. The number of nitrogens with zero attached hydrogens (tertiary/aromatic N) is 1. The van der Waals surface area contributed by atoms with Gasteiger partial charge in [0.1, 0.15) is 9.77 Å². The zero-order chi connectivity index (χ0) is 15.7. The molecular weight excluding hydrogens is 342 g/mol. The molecule has 1 saturated carbocycles. The molecule has 122 valence electrons. The average Bonchev–Trinajstić information content (AvgIpc) is 3.02. The molecule has 22 heavy (non-hydrogen) atoms. The van der Waals surface area contributed by atoms with E-state index in [1.54, 1.807) is 17.1 Å². The van der Waals surface area contributed by atoms with Crippen molar-refractivity contribution in [3.63, 3.8) is 0 Å².